The second kappa shape index (κ2) is 4.64. The number of likely N-dealkylation sites (N-methyl/N-ethyl adjacent to an activating group) is 1. The van der Waals surface area contributed by atoms with Crippen molar-refractivity contribution in [3.8, 4) is 0 Å². The maximum absolute atomic E-state index is 11.7. The average molecular weight is 240 g/mol. The van der Waals surface area contributed by atoms with E-state index < -0.39 is 12.0 Å². The summed E-state index contributed by atoms with van der Waals surface area (Å²) in [6.45, 7) is 0.998. The summed E-state index contributed by atoms with van der Waals surface area (Å²) in [5.74, 6) is -0.0595. The van der Waals surface area contributed by atoms with E-state index in [0.29, 0.717) is 5.92 Å². The zero-order chi connectivity index (χ0) is 12.6. The molecule has 5 nitrogen and oxygen atoms in total. The summed E-state index contributed by atoms with van der Waals surface area (Å²) in [4.78, 5) is 26.4. The molecule has 3 atom stereocenters. The molecule has 1 saturated carbocycles. The first-order chi connectivity index (χ1) is 8.00. The van der Waals surface area contributed by atoms with Gasteiger partial charge in [0.15, 0.2) is 0 Å². The van der Waals surface area contributed by atoms with E-state index in [2.05, 4.69) is 0 Å². The van der Waals surface area contributed by atoms with Crippen molar-refractivity contribution in [2.24, 2.45) is 11.8 Å². The van der Waals surface area contributed by atoms with Crippen molar-refractivity contribution >= 4 is 11.9 Å². The van der Waals surface area contributed by atoms with Crippen LogP contribution in [0.2, 0.25) is 0 Å². The van der Waals surface area contributed by atoms with Gasteiger partial charge in [-0.2, -0.15) is 0 Å². The first-order valence-electron chi connectivity index (χ1n) is 6.17. The topological polar surface area (TPSA) is 60.9 Å². The third-order valence-corrected chi connectivity index (χ3v) is 4.08. The number of fused-ring (bicyclic) bond motifs is 1. The third kappa shape index (κ3) is 2.29. The number of nitrogens with zero attached hydrogens (tertiary/aromatic N) is 2. The summed E-state index contributed by atoms with van der Waals surface area (Å²) in [6, 6.07) is -0.452. The number of carbonyl (C=O) groups excluding carboxylic acids is 1. The van der Waals surface area contributed by atoms with E-state index in [9.17, 15) is 14.7 Å². The predicted molar refractivity (Wildman–Crippen MR) is 62.5 cm³/mol. The number of carboxylic acids is 1. The second-order valence-corrected chi connectivity index (χ2v) is 5.36. The van der Waals surface area contributed by atoms with Crippen molar-refractivity contribution in [3.05, 3.63) is 0 Å². The van der Waals surface area contributed by atoms with Crippen LogP contribution in [0.4, 0.5) is 0 Å². The van der Waals surface area contributed by atoms with Crippen molar-refractivity contribution in [1.82, 2.24) is 9.80 Å². The molecule has 1 aliphatic carbocycles. The lowest BCUT2D eigenvalue weighted by Crippen LogP contribution is -2.44. The molecule has 2 aliphatic rings. The normalized spacial score (nSPS) is 32.5. The molecule has 2 fully saturated rings. The first-order valence-corrected chi connectivity index (χ1v) is 6.17. The number of aliphatic carboxylic acids is 1. The van der Waals surface area contributed by atoms with Gasteiger partial charge in [-0.15, -0.1) is 0 Å². The molecule has 2 rings (SSSR count). The first kappa shape index (κ1) is 12.4. The smallest absolute Gasteiger partial charge is 0.321 e. The molecule has 1 aliphatic heterocycles. The van der Waals surface area contributed by atoms with E-state index in [1.807, 2.05) is 4.90 Å². The Hall–Kier alpha value is -1.10. The lowest BCUT2D eigenvalue weighted by atomic mass is 9.94. The molecule has 96 valence electrons. The van der Waals surface area contributed by atoms with Gasteiger partial charge in [0, 0.05) is 20.6 Å². The highest BCUT2D eigenvalue weighted by molar-refractivity contribution is 5.80. The Kier molecular flexibility index (Phi) is 3.38. The number of hydrogen-bond acceptors (Lipinski definition) is 3. The predicted octanol–water partition coefficient (Wildman–Crippen LogP) is 0.260. The fourth-order valence-corrected chi connectivity index (χ4v) is 3.21. The molecule has 0 aromatic carbocycles. The molecule has 0 bridgehead atoms. The Bertz CT molecular complexity index is 330. The van der Waals surface area contributed by atoms with Gasteiger partial charge in [-0.25, -0.2) is 0 Å². The van der Waals surface area contributed by atoms with Gasteiger partial charge < -0.3 is 10.0 Å². The number of amides is 1. The van der Waals surface area contributed by atoms with E-state index >= 15 is 0 Å². The Morgan fingerprint density at radius 1 is 1.35 bits per heavy atom. The molecule has 5 heteroatoms. The number of likely N-dealkylation sites (tertiary alicyclic amines) is 1. The standard InChI is InChI=1S/C12H20N2O3/c1-13(2)10(15)7-14-6-8-4-3-5-9(8)11(14)12(16)17/h8-9,11H,3-7H2,1-2H3,(H,16,17). The molecular formula is C12H20N2O3. The summed E-state index contributed by atoms with van der Waals surface area (Å²) in [7, 11) is 3.41. The molecule has 17 heavy (non-hydrogen) atoms. The number of rotatable bonds is 3. The number of carbonyl (C=O) groups is 2. The van der Waals surface area contributed by atoms with Gasteiger partial charge in [0.2, 0.25) is 5.91 Å². The quantitative estimate of drug-likeness (QED) is 0.768. The monoisotopic (exact) mass is 240 g/mol. The Balaban J connectivity index is 2.07. The van der Waals surface area contributed by atoms with Gasteiger partial charge in [-0.1, -0.05) is 6.42 Å². The van der Waals surface area contributed by atoms with Crippen LogP contribution in [-0.4, -0.2) is 60.0 Å². The van der Waals surface area contributed by atoms with Crippen molar-refractivity contribution in [2.75, 3.05) is 27.2 Å². The fourth-order valence-electron chi connectivity index (χ4n) is 3.21. The molecule has 0 spiro atoms. The maximum atomic E-state index is 11.7. The molecular weight excluding hydrogens is 220 g/mol. The van der Waals surface area contributed by atoms with Crippen molar-refractivity contribution in [3.63, 3.8) is 0 Å². The van der Waals surface area contributed by atoms with Crippen LogP contribution >= 0.6 is 0 Å². The van der Waals surface area contributed by atoms with Gasteiger partial charge in [-0.3, -0.25) is 14.5 Å². The zero-order valence-electron chi connectivity index (χ0n) is 10.4. The average Bonchev–Trinajstić information content (AvgIpc) is 2.75. The molecule has 0 radical (unpaired) electrons. The van der Waals surface area contributed by atoms with Gasteiger partial charge in [0.05, 0.1) is 6.54 Å². The molecule has 0 aromatic heterocycles. The van der Waals surface area contributed by atoms with Gasteiger partial charge >= 0.3 is 5.97 Å². The second-order valence-electron chi connectivity index (χ2n) is 5.36. The molecule has 1 heterocycles. The molecule has 1 N–H and O–H groups in total. The van der Waals surface area contributed by atoms with Crippen LogP contribution in [-0.2, 0) is 9.59 Å². The highest BCUT2D eigenvalue weighted by atomic mass is 16.4. The van der Waals surface area contributed by atoms with E-state index in [4.69, 9.17) is 0 Å². The Morgan fingerprint density at radius 3 is 2.65 bits per heavy atom. The van der Waals surface area contributed by atoms with Crippen LogP contribution in [0.3, 0.4) is 0 Å². The summed E-state index contributed by atoms with van der Waals surface area (Å²) < 4.78 is 0. The third-order valence-electron chi connectivity index (χ3n) is 4.08. The molecule has 1 amide bonds. The largest absolute Gasteiger partial charge is 0.480 e. The lowest BCUT2D eigenvalue weighted by Gasteiger charge is -2.24. The summed E-state index contributed by atoms with van der Waals surface area (Å²) >= 11 is 0. The SMILES string of the molecule is CN(C)C(=O)CN1CC2CCCC2C1C(=O)O. The Labute approximate surface area is 101 Å². The van der Waals surface area contributed by atoms with Crippen LogP contribution in [0.1, 0.15) is 19.3 Å². The molecule has 0 aromatic rings. The zero-order valence-corrected chi connectivity index (χ0v) is 10.4. The minimum atomic E-state index is -0.772. The van der Waals surface area contributed by atoms with E-state index in [1.54, 1.807) is 14.1 Å². The van der Waals surface area contributed by atoms with Crippen LogP contribution in [0.25, 0.3) is 0 Å². The summed E-state index contributed by atoms with van der Waals surface area (Å²) in [6.07, 6.45) is 3.24. The lowest BCUT2D eigenvalue weighted by molar-refractivity contribution is -0.144. The van der Waals surface area contributed by atoms with Crippen molar-refractivity contribution in [1.29, 1.82) is 0 Å². The van der Waals surface area contributed by atoms with E-state index in [0.717, 1.165) is 25.8 Å². The van der Waals surface area contributed by atoms with E-state index in [1.165, 1.54) is 4.90 Å². The minimum absolute atomic E-state index is 0.0174. The van der Waals surface area contributed by atoms with Crippen molar-refractivity contribution in [2.45, 2.75) is 25.3 Å². The highest BCUT2D eigenvalue weighted by Gasteiger charge is 2.48. The fraction of sp³-hybridized carbons (Fsp3) is 0.833. The van der Waals surface area contributed by atoms with E-state index in [-0.39, 0.29) is 18.4 Å². The summed E-state index contributed by atoms with van der Waals surface area (Å²) in [5, 5.41) is 9.32. The molecule has 3 unspecified atom stereocenters. The van der Waals surface area contributed by atoms with Crippen molar-refractivity contribution < 1.29 is 14.7 Å². The van der Waals surface area contributed by atoms with Gasteiger partial charge in [0.1, 0.15) is 6.04 Å². The molecule has 1 saturated heterocycles. The van der Waals surface area contributed by atoms with Crippen LogP contribution < -0.4 is 0 Å². The Morgan fingerprint density at radius 2 is 2.06 bits per heavy atom. The number of carboxylic acid groups (broad SMARTS) is 1. The highest BCUT2D eigenvalue weighted by Crippen LogP contribution is 2.42. The number of hydrogen-bond donors (Lipinski definition) is 1. The summed E-state index contributed by atoms with van der Waals surface area (Å²) in [5.41, 5.74) is 0. The minimum Gasteiger partial charge on any atom is -0.480 e. The van der Waals surface area contributed by atoms with Crippen LogP contribution in [0, 0.1) is 11.8 Å². The van der Waals surface area contributed by atoms with Gasteiger partial charge in [0.25, 0.3) is 0 Å². The van der Waals surface area contributed by atoms with Gasteiger partial charge in [-0.05, 0) is 24.7 Å². The van der Waals surface area contributed by atoms with Crippen LogP contribution in [0.15, 0.2) is 0 Å². The van der Waals surface area contributed by atoms with Crippen LogP contribution in [0.5, 0.6) is 0 Å². The maximum Gasteiger partial charge on any atom is 0.321 e.